The van der Waals surface area contributed by atoms with Gasteiger partial charge in [-0.2, -0.15) is 0 Å². The fourth-order valence-corrected chi connectivity index (χ4v) is 3.54. The summed E-state index contributed by atoms with van der Waals surface area (Å²) in [5.41, 5.74) is 2.20. The Balaban J connectivity index is 1.53. The molecule has 1 amide bonds. The Kier molecular flexibility index (Phi) is 3.97. The lowest BCUT2D eigenvalue weighted by atomic mass is 10.1. The van der Waals surface area contributed by atoms with E-state index in [1.54, 1.807) is 6.07 Å². The van der Waals surface area contributed by atoms with Crippen molar-refractivity contribution >= 4 is 38.3 Å². The molecule has 0 saturated heterocycles. The van der Waals surface area contributed by atoms with Crippen molar-refractivity contribution in [2.45, 2.75) is 25.7 Å². The number of aryl methyl sites for hydroxylation is 1. The molecule has 24 heavy (non-hydrogen) atoms. The quantitative estimate of drug-likeness (QED) is 0.665. The first-order valence-corrected chi connectivity index (χ1v) is 9.22. The van der Waals surface area contributed by atoms with Gasteiger partial charge >= 0.3 is 0 Å². The Labute approximate surface area is 151 Å². The highest BCUT2D eigenvalue weighted by atomic mass is 79.9. The van der Waals surface area contributed by atoms with Gasteiger partial charge < -0.3 is 4.52 Å². The predicted octanol–water partition coefficient (Wildman–Crippen LogP) is 5.00. The van der Waals surface area contributed by atoms with Crippen molar-refractivity contribution < 1.29 is 9.32 Å². The number of hydrogen-bond donors (Lipinski definition) is 1. The Morgan fingerprint density at radius 1 is 1.33 bits per heavy atom. The molecule has 3 aromatic rings. The molecule has 0 aliphatic heterocycles. The zero-order valence-electron chi connectivity index (χ0n) is 12.9. The van der Waals surface area contributed by atoms with Gasteiger partial charge in [0, 0.05) is 26.9 Å². The summed E-state index contributed by atoms with van der Waals surface area (Å²) in [5.74, 6) is 0.943. The molecule has 1 aliphatic rings. The van der Waals surface area contributed by atoms with Crippen molar-refractivity contribution in [3.8, 4) is 11.3 Å². The fourth-order valence-electron chi connectivity index (χ4n) is 2.44. The van der Waals surface area contributed by atoms with Crippen LogP contribution in [-0.2, 0) is 0 Å². The molecule has 7 heteroatoms. The largest absolute Gasteiger partial charge is 0.360 e. The van der Waals surface area contributed by atoms with Gasteiger partial charge in [-0.1, -0.05) is 33.2 Å². The number of nitrogens with zero attached hydrogens (tertiary/aromatic N) is 2. The van der Waals surface area contributed by atoms with Crippen LogP contribution in [0.25, 0.3) is 11.3 Å². The lowest BCUT2D eigenvalue weighted by Crippen LogP contribution is -2.11. The molecule has 2 aromatic heterocycles. The van der Waals surface area contributed by atoms with Gasteiger partial charge in [-0.15, -0.1) is 11.3 Å². The van der Waals surface area contributed by atoms with Crippen LogP contribution in [0.2, 0.25) is 0 Å². The minimum absolute atomic E-state index is 0.290. The van der Waals surface area contributed by atoms with Gasteiger partial charge in [0.1, 0.15) is 5.76 Å². The van der Waals surface area contributed by atoms with Crippen molar-refractivity contribution in [2.75, 3.05) is 5.32 Å². The number of carbonyl (C=O) groups is 1. The molecule has 0 unspecified atom stereocenters. The number of hydrogen-bond acceptors (Lipinski definition) is 5. The van der Waals surface area contributed by atoms with Crippen molar-refractivity contribution in [3.63, 3.8) is 0 Å². The lowest BCUT2D eigenvalue weighted by Gasteiger charge is -1.99. The molecule has 0 spiro atoms. The maximum absolute atomic E-state index is 12.3. The number of nitrogens with one attached hydrogen (secondary N) is 1. The SMILES string of the molecule is Cc1sc(NC(=O)c2cc(C3CC3)on2)nc1-c1ccc(Br)cc1. The third kappa shape index (κ3) is 3.14. The van der Waals surface area contributed by atoms with Gasteiger partial charge in [-0.05, 0) is 31.9 Å². The molecule has 0 atom stereocenters. The molecule has 0 bridgehead atoms. The van der Waals surface area contributed by atoms with Crippen LogP contribution in [0, 0.1) is 6.92 Å². The highest BCUT2D eigenvalue weighted by Gasteiger charge is 2.29. The van der Waals surface area contributed by atoms with Gasteiger partial charge in [0.2, 0.25) is 0 Å². The van der Waals surface area contributed by atoms with Crippen molar-refractivity contribution in [3.05, 3.63) is 51.1 Å². The zero-order chi connectivity index (χ0) is 16.7. The first-order valence-electron chi connectivity index (χ1n) is 7.61. The van der Waals surface area contributed by atoms with E-state index in [1.807, 2.05) is 31.2 Å². The predicted molar refractivity (Wildman–Crippen MR) is 96.4 cm³/mol. The second-order valence-electron chi connectivity index (χ2n) is 5.77. The number of rotatable bonds is 4. The maximum atomic E-state index is 12.3. The average Bonchev–Trinajstić information content (AvgIpc) is 3.18. The molecule has 122 valence electrons. The van der Waals surface area contributed by atoms with Crippen molar-refractivity contribution in [2.24, 2.45) is 0 Å². The Morgan fingerprint density at radius 2 is 2.08 bits per heavy atom. The van der Waals surface area contributed by atoms with Crippen LogP contribution in [0.4, 0.5) is 5.13 Å². The minimum Gasteiger partial charge on any atom is -0.360 e. The molecule has 1 aliphatic carbocycles. The van der Waals surface area contributed by atoms with Gasteiger partial charge in [0.15, 0.2) is 10.8 Å². The van der Waals surface area contributed by atoms with Crippen LogP contribution < -0.4 is 5.32 Å². The van der Waals surface area contributed by atoms with E-state index in [2.05, 4.69) is 31.4 Å². The highest BCUT2D eigenvalue weighted by Crippen LogP contribution is 2.40. The highest BCUT2D eigenvalue weighted by molar-refractivity contribution is 9.10. The topological polar surface area (TPSA) is 68.0 Å². The Morgan fingerprint density at radius 3 is 2.79 bits per heavy atom. The van der Waals surface area contributed by atoms with Gasteiger partial charge in [0.05, 0.1) is 5.69 Å². The standard InChI is InChI=1S/C17H14BrN3O2S/c1-9-15(11-4-6-12(18)7-5-11)19-17(24-9)20-16(22)13-8-14(23-21-13)10-2-3-10/h4-8,10H,2-3H2,1H3,(H,19,20,22). The van der Waals surface area contributed by atoms with Crippen molar-refractivity contribution in [1.82, 2.24) is 10.1 Å². The number of thiazole rings is 1. The van der Waals surface area contributed by atoms with E-state index in [0.717, 1.165) is 39.2 Å². The van der Waals surface area contributed by atoms with Gasteiger partial charge in [-0.3, -0.25) is 10.1 Å². The number of halogens is 1. The Bertz CT molecular complexity index is 897. The number of benzene rings is 1. The average molecular weight is 404 g/mol. The third-order valence-electron chi connectivity index (χ3n) is 3.88. The molecule has 5 nitrogen and oxygen atoms in total. The summed E-state index contributed by atoms with van der Waals surface area (Å²) in [6.07, 6.45) is 2.22. The van der Waals surface area contributed by atoms with Crippen LogP contribution in [0.1, 0.15) is 39.9 Å². The molecule has 0 radical (unpaired) electrons. The first kappa shape index (κ1) is 15.5. The van der Waals surface area contributed by atoms with E-state index in [0.29, 0.717) is 16.7 Å². The third-order valence-corrected chi connectivity index (χ3v) is 5.29. The summed E-state index contributed by atoms with van der Waals surface area (Å²) in [5, 5.41) is 7.23. The van der Waals surface area contributed by atoms with E-state index in [4.69, 9.17) is 4.52 Å². The number of aromatic nitrogens is 2. The first-order chi connectivity index (χ1) is 11.6. The molecule has 4 rings (SSSR count). The zero-order valence-corrected chi connectivity index (χ0v) is 15.3. The summed E-state index contributed by atoms with van der Waals surface area (Å²) in [4.78, 5) is 17.9. The Hall–Kier alpha value is -1.99. The number of amides is 1. The smallest absolute Gasteiger partial charge is 0.279 e. The van der Waals surface area contributed by atoms with E-state index < -0.39 is 0 Å². The summed E-state index contributed by atoms with van der Waals surface area (Å²) >= 11 is 4.87. The molecule has 2 heterocycles. The summed E-state index contributed by atoms with van der Waals surface area (Å²) in [6, 6.07) is 9.67. The van der Waals surface area contributed by atoms with Crippen LogP contribution in [0.3, 0.4) is 0 Å². The second-order valence-corrected chi connectivity index (χ2v) is 7.89. The number of carbonyl (C=O) groups excluding carboxylic acids is 1. The van der Waals surface area contributed by atoms with E-state index in [1.165, 1.54) is 11.3 Å². The molecular weight excluding hydrogens is 390 g/mol. The minimum atomic E-state index is -0.290. The molecule has 1 fully saturated rings. The van der Waals surface area contributed by atoms with Crippen LogP contribution in [0.15, 0.2) is 39.3 Å². The molecular formula is C17H14BrN3O2S. The summed E-state index contributed by atoms with van der Waals surface area (Å²) in [6.45, 7) is 1.99. The van der Waals surface area contributed by atoms with Crippen molar-refractivity contribution in [1.29, 1.82) is 0 Å². The molecule has 1 saturated carbocycles. The van der Waals surface area contributed by atoms with Gasteiger partial charge in [0.25, 0.3) is 5.91 Å². The number of anilines is 1. The van der Waals surface area contributed by atoms with E-state index in [-0.39, 0.29) is 5.91 Å². The van der Waals surface area contributed by atoms with Gasteiger partial charge in [-0.25, -0.2) is 4.98 Å². The monoisotopic (exact) mass is 403 g/mol. The second kappa shape index (κ2) is 6.14. The van der Waals surface area contributed by atoms with E-state index >= 15 is 0 Å². The normalized spacial score (nSPS) is 13.9. The molecule has 1 N–H and O–H groups in total. The molecule has 1 aromatic carbocycles. The summed E-state index contributed by atoms with van der Waals surface area (Å²) < 4.78 is 6.24. The lowest BCUT2D eigenvalue weighted by molar-refractivity contribution is 0.101. The van der Waals surface area contributed by atoms with Crippen LogP contribution in [-0.4, -0.2) is 16.0 Å². The maximum Gasteiger partial charge on any atom is 0.279 e. The summed E-state index contributed by atoms with van der Waals surface area (Å²) in [7, 11) is 0. The fraction of sp³-hybridized carbons (Fsp3) is 0.235. The van der Waals surface area contributed by atoms with Crippen LogP contribution in [0.5, 0.6) is 0 Å². The van der Waals surface area contributed by atoms with E-state index in [9.17, 15) is 4.79 Å². The van der Waals surface area contributed by atoms with Crippen LogP contribution >= 0.6 is 27.3 Å².